The van der Waals surface area contributed by atoms with Gasteiger partial charge in [-0.25, -0.2) is 4.90 Å². The molecule has 0 unspecified atom stereocenters. The predicted octanol–water partition coefficient (Wildman–Crippen LogP) is 3.14. The monoisotopic (exact) mass is 354 g/mol. The molecular weight excluding hydrogens is 340 g/mol. The van der Waals surface area contributed by atoms with E-state index < -0.39 is 12.0 Å². The molecular formula is C19H15ClN2O3. The van der Waals surface area contributed by atoms with E-state index in [9.17, 15) is 9.59 Å². The van der Waals surface area contributed by atoms with Gasteiger partial charge in [-0.2, -0.15) is 0 Å². The Balaban J connectivity index is 1.84. The molecule has 2 amide bonds. The highest BCUT2D eigenvalue weighted by molar-refractivity contribution is 6.35. The molecule has 0 bridgehead atoms. The summed E-state index contributed by atoms with van der Waals surface area (Å²) in [7, 11) is 0. The Labute approximate surface area is 149 Å². The van der Waals surface area contributed by atoms with E-state index >= 15 is 0 Å². The first-order chi connectivity index (χ1) is 12.0. The minimum atomic E-state index is -0.959. The van der Waals surface area contributed by atoms with Gasteiger partial charge in [-0.3, -0.25) is 19.9 Å². The van der Waals surface area contributed by atoms with E-state index in [-0.39, 0.29) is 11.5 Å². The van der Waals surface area contributed by atoms with E-state index in [1.165, 1.54) is 4.90 Å². The minimum Gasteiger partial charge on any atom is -0.270 e. The number of nitrogens with one attached hydrogen (secondary N) is 1. The Hall–Kier alpha value is -2.63. The Kier molecular flexibility index (Phi) is 3.63. The molecule has 2 aliphatic heterocycles. The summed E-state index contributed by atoms with van der Waals surface area (Å²) >= 11 is 6.24. The standard InChI is InChI=1S/C19H15ClN2O3/c1-10-7-8-14(11(2)9-10)22-18(23)15-16(21-25-17(15)19(22)24)12-5-3-4-6-13(12)20/h3-9,17,21H,1-2H3/t17-/m0/s1. The van der Waals surface area contributed by atoms with Crippen LogP contribution in [-0.2, 0) is 14.4 Å². The van der Waals surface area contributed by atoms with Gasteiger partial charge in [-0.05, 0) is 31.5 Å². The van der Waals surface area contributed by atoms with E-state index in [4.69, 9.17) is 16.4 Å². The molecule has 126 valence electrons. The molecule has 0 radical (unpaired) electrons. The number of benzene rings is 2. The van der Waals surface area contributed by atoms with Gasteiger partial charge in [0.2, 0.25) is 0 Å². The molecule has 5 nitrogen and oxygen atoms in total. The van der Waals surface area contributed by atoms with Crippen LogP contribution < -0.4 is 10.4 Å². The SMILES string of the molecule is Cc1ccc(N2C(=O)C3=C(c4ccccc4Cl)NO[C@@H]3C2=O)c(C)c1. The van der Waals surface area contributed by atoms with Crippen LogP contribution in [0.25, 0.3) is 5.70 Å². The first kappa shape index (κ1) is 15.9. The second kappa shape index (κ2) is 5.72. The third kappa shape index (κ3) is 2.35. The Morgan fingerprint density at radius 1 is 1.12 bits per heavy atom. The molecule has 1 atom stereocenters. The highest BCUT2D eigenvalue weighted by Gasteiger charge is 2.51. The molecule has 1 N–H and O–H groups in total. The molecule has 2 aromatic rings. The van der Waals surface area contributed by atoms with E-state index in [0.29, 0.717) is 22.0 Å². The van der Waals surface area contributed by atoms with Gasteiger partial charge in [-0.1, -0.05) is 47.5 Å². The topological polar surface area (TPSA) is 58.6 Å². The average molecular weight is 355 g/mol. The maximum atomic E-state index is 13.0. The van der Waals surface area contributed by atoms with Crippen LogP contribution in [0.2, 0.25) is 5.02 Å². The molecule has 0 spiro atoms. The number of rotatable bonds is 2. The summed E-state index contributed by atoms with van der Waals surface area (Å²) in [5.41, 5.74) is 6.56. The van der Waals surface area contributed by atoms with Crippen molar-refractivity contribution in [3.05, 3.63) is 69.8 Å². The van der Waals surface area contributed by atoms with Crippen molar-refractivity contribution in [2.75, 3.05) is 4.90 Å². The summed E-state index contributed by atoms with van der Waals surface area (Å²) in [6.45, 7) is 3.84. The van der Waals surface area contributed by atoms with E-state index in [2.05, 4.69) is 5.48 Å². The van der Waals surface area contributed by atoms with Gasteiger partial charge >= 0.3 is 0 Å². The van der Waals surface area contributed by atoms with Gasteiger partial charge in [0.1, 0.15) is 0 Å². The normalized spacial score (nSPS) is 19.5. The van der Waals surface area contributed by atoms with Crippen molar-refractivity contribution in [3.8, 4) is 0 Å². The zero-order chi connectivity index (χ0) is 17.7. The number of aryl methyl sites for hydroxylation is 2. The molecule has 4 rings (SSSR count). The second-order valence-corrected chi connectivity index (χ2v) is 6.54. The van der Waals surface area contributed by atoms with Crippen molar-refractivity contribution in [2.24, 2.45) is 0 Å². The largest absolute Gasteiger partial charge is 0.270 e. The number of halogens is 1. The van der Waals surface area contributed by atoms with Gasteiger partial charge in [0, 0.05) is 10.6 Å². The van der Waals surface area contributed by atoms with Crippen LogP contribution in [0.5, 0.6) is 0 Å². The van der Waals surface area contributed by atoms with Crippen molar-refractivity contribution in [1.29, 1.82) is 0 Å². The lowest BCUT2D eigenvalue weighted by Gasteiger charge is -2.18. The summed E-state index contributed by atoms with van der Waals surface area (Å²) in [4.78, 5) is 32.4. The number of imide groups is 1. The van der Waals surface area contributed by atoms with Crippen molar-refractivity contribution in [3.63, 3.8) is 0 Å². The summed E-state index contributed by atoms with van der Waals surface area (Å²) in [5, 5.41) is 0.479. The molecule has 25 heavy (non-hydrogen) atoms. The summed E-state index contributed by atoms with van der Waals surface area (Å²) in [5.74, 6) is -0.789. The minimum absolute atomic E-state index is 0.290. The maximum Gasteiger partial charge on any atom is 0.270 e. The Morgan fingerprint density at radius 2 is 1.88 bits per heavy atom. The third-order valence-electron chi connectivity index (χ3n) is 4.42. The molecule has 1 fully saturated rings. The van der Waals surface area contributed by atoms with Crippen molar-refractivity contribution >= 4 is 34.8 Å². The van der Waals surface area contributed by atoms with Crippen LogP contribution in [-0.4, -0.2) is 17.9 Å². The number of hydrogen-bond acceptors (Lipinski definition) is 4. The molecule has 2 heterocycles. The number of carbonyl (C=O) groups excluding carboxylic acids is 2. The fourth-order valence-corrected chi connectivity index (χ4v) is 3.47. The lowest BCUT2D eigenvalue weighted by molar-refractivity contribution is -0.127. The zero-order valence-corrected chi connectivity index (χ0v) is 14.4. The van der Waals surface area contributed by atoms with E-state index in [1.807, 2.05) is 32.0 Å². The third-order valence-corrected chi connectivity index (χ3v) is 4.75. The molecule has 0 saturated carbocycles. The number of amides is 2. The Morgan fingerprint density at radius 3 is 2.60 bits per heavy atom. The molecule has 1 saturated heterocycles. The van der Waals surface area contributed by atoms with Gasteiger partial charge in [0.15, 0.2) is 6.10 Å². The van der Waals surface area contributed by atoms with Crippen LogP contribution in [0.15, 0.2) is 48.0 Å². The van der Waals surface area contributed by atoms with Crippen LogP contribution in [0.1, 0.15) is 16.7 Å². The average Bonchev–Trinajstić information content (AvgIpc) is 3.10. The summed E-state index contributed by atoms with van der Waals surface area (Å²) < 4.78 is 0. The number of anilines is 1. The fraction of sp³-hybridized carbons (Fsp3) is 0.158. The summed E-state index contributed by atoms with van der Waals surface area (Å²) in [6.07, 6.45) is -0.959. The molecule has 6 heteroatoms. The Bertz CT molecular complexity index is 951. The first-order valence-corrected chi connectivity index (χ1v) is 8.23. The van der Waals surface area contributed by atoms with Gasteiger partial charge in [0.25, 0.3) is 11.8 Å². The van der Waals surface area contributed by atoms with Crippen LogP contribution in [0.3, 0.4) is 0 Å². The number of carbonyl (C=O) groups is 2. The van der Waals surface area contributed by atoms with Crippen molar-refractivity contribution in [1.82, 2.24) is 5.48 Å². The van der Waals surface area contributed by atoms with Crippen molar-refractivity contribution < 1.29 is 14.4 Å². The fourth-order valence-electron chi connectivity index (χ4n) is 3.24. The second-order valence-electron chi connectivity index (χ2n) is 6.14. The number of hydroxylamine groups is 1. The summed E-state index contributed by atoms with van der Waals surface area (Å²) in [6, 6.07) is 12.7. The van der Waals surface area contributed by atoms with Crippen LogP contribution in [0, 0.1) is 13.8 Å². The van der Waals surface area contributed by atoms with Gasteiger partial charge < -0.3 is 0 Å². The number of hydrogen-bond donors (Lipinski definition) is 1. The number of nitrogens with zero attached hydrogens (tertiary/aromatic N) is 1. The quantitative estimate of drug-likeness (QED) is 0.842. The number of fused-ring (bicyclic) bond motifs is 1. The van der Waals surface area contributed by atoms with Crippen LogP contribution in [0.4, 0.5) is 5.69 Å². The lowest BCUT2D eigenvalue weighted by atomic mass is 10.0. The molecule has 2 aromatic carbocycles. The zero-order valence-electron chi connectivity index (χ0n) is 13.7. The maximum absolute atomic E-state index is 13.0. The highest BCUT2D eigenvalue weighted by Crippen LogP contribution is 2.38. The van der Waals surface area contributed by atoms with E-state index in [0.717, 1.165) is 11.1 Å². The molecule has 0 aromatic heterocycles. The van der Waals surface area contributed by atoms with Crippen LogP contribution >= 0.6 is 11.6 Å². The molecule has 0 aliphatic carbocycles. The first-order valence-electron chi connectivity index (χ1n) is 7.85. The van der Waals surface area contributed by atoms with Gasteiger partial charge in [-0.15, -0.1) is 0 Å². The lowest BCUT2D eigenvalue weighted by Crippen LogP contribution is -2.34. The smallest absolute Gasteiger partial charge is 0.270 e. The highest BCUT2D eigenvalue weighted by atomic mass is 35.5. The van der Waals surface area contributed by atoms with E-state index in [1.54, 1.807) is 24.3 Å². The predicted molar refractivity (Wildman–Crippen MR) is 94.8 cm³/mol. The van der Waals surface area contributed by atoms with Gasteiger partial charge in [0.05, 0.1) is 17.0 Å². The van der Waals surface area contributed by atoms with Crippen molar-refractivity contribution in [2.45, 2.75) is 20.0 Å². The molecule has 2 aliphatic rings.